The van der Waals surface area contributed by atoms with Gasteiger partial charge in [-0.25, -0.2) is 4.39 Å². The summed E-state index contributed by atoms with van der Waals surface area (Å²) < 4.78 is 23.2. The van der Waals surface area contributed by atoms with Gasteiger partial charge in [0.15, 0.2) is 5.78 Å². The molecule has 3 saturated carbocycles. The van der Waals surface area contributed by atoms with E-state index in [0.717, 1.165) is 0 Å². The van der Waals surface area contributed by atoms with Crippen molar-refractivity contribution in [2.75, 3.05) is 0 Å². The second-order valence-electron chi connectivity index (χ2n) is 6.00. The van der Waals surface area contributed by atoms with Crippen molar-refractivity contribution in [2.45, 2.75) is 44.6 Å². The number of carbonyl (C=O) groups excluding carboxylic acids is 3. The van der Waals surface area contributed by atoms with E-state index in [-0.39, 0.29) is 19.3 Å². The molecule has 98 valence electrons. The number of cyclic esters (lactones) is 2. The fourth-order valence-corrected chi connectivity index (χ4v) is 3.17. The van der Waals surface area contributed by atoms with Gasteiger partial charge in [0.25, 0.3) is 5.79 Å². The van der Waals surface area contributed by atoms with Crippen LogP contribution in [-0.2, 0) is 23.9 Å². The molecule has 6 heteroatoms. The number of alkyl halides is 1. The summed E-state index contributed by atoms with van der Waals surface area (Å²) in [6.45, 7) is 2.84. The first-order valence-corrected chi connectivity index (χ1v) is 5.86. The van der Waals surface area contributed by atoms with Gasteiger partial charge in [0.1, 0.15) is 5.67 Å². The van der Waals surface area contributed by atoms with Crippen molar-refractivity contribution in [1.29, 1.82) is 0 Å². The van der Waals surface area contributed by atoms with E-state index in [0.29, 0.717) is 0 Å². The summed E-state index contributed by atoms with van der Waals surface area (Å²) in [4.78, 5) is 35.6. The van der Waals surface area contributed by atoms with Gasteiger partial charge in [-0.15, -0.1) is 0 Å². The van der Waals surface area contributed by atoms with Crippen LogP contribution < -0.4 is 0 Å². The van der Waals surface area contributed by atoms with Gasteiger partial charge >= 0.3 is 11.9 Å². The lowest BCUT2D eigenvalue weighted by Gasteiger charge is -2.65. The third kappa shape index (κ3) is 1.34. The number of ether oxygens (including phenoxy) is 2. The van der Waals surface area contributed by atoms with Crippen molar-refractivity contribution in [2.24, 2.45) is 11.3 Å². The molecule has 1 aliphatic heterocycles. The van der Waals surface area contributed by atoms with Crippen molar-refractivity contribution < 1.29 is 28.2 Å². The molecule has 0 aromatic heterocycles. The Balaban J connectivity index is 1.79. The van der Waals surface area contributed by atoms with E-state index in [4.69, 9.17) is 9.47 Å². The number of hydrogen-bond donors (Lipinski definition) is 0. The predicted molar refractivity (Wildman–Crippen MR) is 54.9 cm³/mol. The fourth-order valence-electron chi connectivity index (χ4n) is 3.17. The van der Waals surface area contributed by atoms with Gasteiger partial charge in [0.2, 0.25) is 5.92 Å². The third-order valence-corrected chi connectivity index (χ3v) is 3.91. The van der Waals surface area contributed by atoms with E-state index in [1.54, 1.807) is 0 Å². The van der Waals surface area contributed by atoms with Gasteiger partial charge in [-0.1, -0.05) is 0 Å². The summed E-state index contributed by atoms with van der Waals surface area (Å²) >= 11 is 0. The minimum atomic E-state index is -1.54. The van der Waals surface area contributed by atoms with Crippen LogP contribution in [0, 0.1) is 11.3 Å². The number of esters is 2. The van der Waals surface area contributed by atoms with Crippen molar-refractivity contribution in [3.8, 4) is 0 Å². The Kier molecular flexibility index (Phi) is 1.89. The molecule has 1 heterocycles. The summed E-state index contributed by atoms with van der Waals surface area (Å²) in [5.41, 5.74) is -2.09. The molecule has 0 radical (unpaired) electrons. The first-order chi connectivity index (χ1) is 8.17. The Morgan fingerprint density at radius 2 is 1.61 bits per heavy atom. The lowest BCUT2D eigenvalue weighted by Crippen LogP contribution is -2.70. The lowest BCUT2D eigenvalue weighted by molar-refractivity contribution is -0.246. The second kappa shape index (κ2) is 2.92. The van der Waals surface area contributed by atoms with E-state index < -0.39 is 40.5 Å². The molecule has 0 spiro atoms. The minimum absolute atomic E-state index is 0.110. The van der Waals surface area contributed by atoms with Crippen LogP contribution in [0.1, 0.15) is 33.1 Å². The van der Waals surface area contributed by atoms with Gasteiger partial charge in [-0.2, -0.15) is 0 Å². The molecule has 4 rings (SSSR count). The van der Waals surface area contributed by atoms with Crippen molar-refractivity contribution in [3.05, 3.63) is 0 Å². The van der Waals surface area contributed by atoms with Crippen molar-refractivity contribution >= 4 is 17.7 Å². The third-order valence-electron chi connectivity index (χ3n) is 3.91. The van der Waals surface area contributed by atoms with Crippen LogP contribution in [0.4, 0.5) is 4.39 Å². The van der Waals surface area contributed by atoms with E-state index >= 15 is 0 Å². The highest BCUT2D eigenvalue weighted by Gasteiger charge is 2.74. The zero-order chi connectivity index (χ0) is 13.3. The van der Waals surface area contributed by atoms with Gasteiger partial charge in [0, 0.05) is 19.3 Å². The van der Waals surface area contributed by atoms with Crippen LogP contribution in [0.5, 0.6) is 0 Å². The van der Waals surface area contributed by atoms with E-state index in [1.165, 1.54) is 13.8 Å². The maximum absolute atomic E-state index is 13.4. The topological polar surface area (TPSA) is 69.7 Å². The molecule has 2 bridgehead atoms. The molecule has 3 aliphatic carbocycles. The molecule has 0 aromatic rings. The quantitative estimate of drug-likeness (QED) is 0.542. The summed E-state index contributed by atoms with van der Waals surface area (Å²) in [6.07, 6.45) is 0.331. The molecule has 0 atom stereocenters. The van der Waals surface area contributed by atoms with E-state index in [2.05, 4.69) is 0 Å². The summed E-state index contributed by atoms with van der Waals surface area (Å²) in [6, 6.07) is 0. The molecule has 0 N–H and O–H groups in total. The Labute approximate surface area is 103 Å². The molecule has 4 fully saturated rings. The largest absolute Gasteiger partial charge is 0.422 e. The average Bonchev–Trinajstić information content (AvgIpc) is 2.07. The normalized spacial score (nSPS) is 41.3. The first kappa shape index (κ1) is 11.6. The minimum Gasteiger partial charge on any atom is -0.422 e. The Morgan fingerprint density at radius 1 is 1.17 bits per heavy atom. The molecule has 0 aromatic carbocycles. The van der Waals surface area contributed by atoms with Gasteiger partial charge in [-0.05, 0) is 19.3 Å². The highest BCUT2D eigenvalue weighted by molar-refractivity contribution is 6.18. The summed E-state index contributed by atoms with van der Waals surface area (Å²) in [5, 5.41) is 0. The lowest BCUT2D eigenvalue weighted by atomic mass is 9.40. The molecule has 5 nitrogen and oxygen atoms in total. The monoisotopic (exact) mass is 256 g/mol. The average molecular weight is 256 g/mol. The van der Waals surface area contributed by atoms with Crippen LogP contribution in [0.2, 0.25) is 0 Å². The summed E-state index contributed by atoms with van der Waals surface area (Å²) in [5.74, 6) is -5.21. The zero-order valence-corrected chi connectivity index (χ0v) is 10.1. The molecule has 18 heavy (non-hydrogen) atoms. The maximum Gasteiger partial charge on any atom is 0.331 e. The summed E-state index contributed by atoms with van der Waals surface area (Å²) in [7, 11) is 0. The molecule has 0 amide bonds. The number of carbonyl (C=O) groups is 3. The number of Topliss-reactive ketones (excluding diaryl/α,β-unsaturated/α-hetero) is 1. The number of rotatable bonds is 2. The Morgan fingerprint density at radius 3 is 2.00 bits per heavy atom. The van der Waals surface area contributed by atoms with Crippen LogP contribution in [0.3, 0.4) is 0 Å². The van der Waals surface area contributed by atoms with Crippen LogP contribution >= 0.6 is 0 Å². The highest BCUT2D eigenvalue weighted by Crippen LogP contribution is 2.70. The Hall–Kier alpha value is -1.46. The molecule has 4 aliphatic rings. The SMILES string of the molecule is CC1(C)OC(=O)C(C(=O)C23CC(F)(C2)C3)C(=O)O1. The van der Waals surface area contributed by atoms with Crippen molar-refractivity contribution in [3.63, 3.8) is 0 Å². The maximum atomic E-state index is 13.4. The standard InChI is InChI=1S/C12H13FO5/c1-10(2)17-8(15)6(9(16)18-10)7(14)11-3-12(13,4-11)5-11/h6H,3-5H2,1-2H3. The molecule has 1 saturated heterocycles. The van der Waals surface area contributed by atoms with Crippen LogP contribution in [0.25, 0.3) is 0 Å². The zero-order valence-electron chi connectivity index (χ0n) is 10.1. The van der Waals surface area contributed by atoms with Crippen molar-refractivity contribution in [1.82, 2.24) is 0 Å². The molecular formula is C12H13FO5. The number of hydrogen-bond acceptors (Lipinski definition) is 5. The van der Waals surface area contributed by atoms with Crippen LogP contribution in [-0.4, -0.2) is 29.2 Å². The number of halogens is 1. The fraction of sp³-hybridized carbons (Fsp3) is 0.750. The number of ketones is 1. The van der Waals surface area contributed by atoms with E-state index in [1.807, 2.05) is 0 Å². The van der Waals surface area contributed by atoms with Gasteiger partial charge in [-0.3, -0.25) is 14.4 Å². The van der Waals surface area contributed by atoms with Gasteiger partial charge in [0.05, 0.1) is 0 Å². The first-order valence-electron chi connectivity index (χ1n) is 5.86. The smallest absolute Gasteiger partial charge is 0.331 e. The second-order valence-corrected chi connectivity index (χ2v) is 6.00. The van der Waals surface area contributed by atoms with Gasteiger partial charge < -0.3 is 9.47 Å². The molecule has 0 unspecified atom stereocenters. The highest BCUT2D eigenvalue weighted by atomic mass is 19.1. The Bertz CT molecular complexity index is 441. The van der Waals surface area contributed by atoms with Crippen LogP contribution in [0.15, 0.2) is 0 Å². The predicted octanol–water partition coefficient (Wildman–Crippen LogP) is 0.900. The molecular weight excluding hydrogens is 243 g/mol. The van der Waals surface area contributed by atoms with E-state index in [9.17, 15) is 18.8 Å².